The van der Waals surface area contributed by atoms with Crippen molar-refractivity contribution in [2.24, 2.45) is 0 Å². The molecule has 0 radical (unpaired) electrons. The summed E-state index contributed by atoms with van der Waals surface area (Å²) in [5, 5.41) is 2.27. The fourth-order valence-corrected chi connectivity index (χ4v) is 9.91. The SMILES string of the molecule is c1ccc(-c2ccc(N(c3ccccc3)c3ccc(-c4cccc5c4oc4c6c(ccc45)-c4ccccc4C64c5ccccc5-c5ccccc54)cc3)cc2)cc1. The predicted octanol–water partition coefficient (Wildman–Crippen LogP) is 14.7. The Morgan fingerprint density at radius 1 is 0.298 bits per heavy atom. The van der Waals surface area contributed by atoms with E-state index in [9.17, 15) is 0 Å². The first-order valence-electron chi connectivity index (χ1n) is 19.7. The Morgan fingerprint density at radius 3 is 1.37 bits per heavy atom. The lowest BCUT2D eigenvalue weighted by Gasteiger charge is -2.30. The molecule has 10 aromatic rings. The van der Waals surface area contributed by atoms with Crippen LogP contribution < -0.4 is 4.90 Å². The highest BCUT2D eigenvalue weighted by molar-refractivity contribution is 6.14. The summed E-state index contributed by atoms with van der Waals surface area (Å²) in [5.74, 6) is 0. The molecule has 12 rings (SSSR count). The molecule has 0 amide bonds. The molecule has 0 atom stereocenters. The maximum atomic E-state index is 7.28. The van der Waals surface area contributed by atoms with E-state index in [4.69, 9.17) is 4.42 Å². The van der Waals surface area contributed by atoms with Gasteiger partial charge in [-0.15, -0.1) is 0 Å². The van der Waals surface area contributed by atoms with Gasteiger partial charge in [0, 0.05) is 39.0 Å². The molecule has 1 spiro atoms. The van der Waals surface area contributed by atoms with Gasteiger partial charge in [0.15, 0.2) is 0 Å². The van der Waals surface area contributed by atoms with Crippen molar-refractivity contribution in [1.82, 2.24) is 0 Å². The summed E-state index contributed by atoms with van der Waals surface area (Å²) in [4.78, 5) is 2.32. The third-order valence-electron chi connectivity index (χ3n) is 12.3. The molecule has 2 nitrogen and oxygen atoms in total. The lowest BCUT2D eigenvalue weighted by atomic mass is 9.70. The van der Waals surface area contributed by atoms with Crippen LogP contribution in [0.25, 0.3) is 66.4 Å². The van der Waals surface area contributed by atoms with Crippen molar-refractivity contribution in [2.75, 3.05) is 4.90 Å². The van der Waals surface area contributed by atoms with Crippen LogP contribution in [0, 0.1) is 0 Å². The molecule has 0 bridgehead atoms. The summed E-state index contributed by atoms with van der Waals surface area (Å²) in [6, 6.07) is 76.9. The van der Waals surface area contributed by atoms with E-state index in [0.717, 1.165) is 50.1 Å². The van der Waals surface area contributed by atoms with Crippen LogP contribution in [0.4, 0.5) is 17.1 Å². The van der Waals surface area contributed by atoms with E-state index in [1.54, 1.807) is 0 Å². The fourth-order valence-electron chi connectivity index (χ4n) is 9.91. The van der Waals surface area contributed by atoms with Gasteiger partial charge in [0.25, 0.3) is 0 Å². The third-order valence-corrected chi connectivity index (χ3v) is 12.3. The highest BCUT2D eigenvalue weighted by atomic mass is 16.3. The minimum atomic E-state index is -0.478. The highest BCUT2D eigenvalue weighted by Gasteiger charge is 2.53. The van der Waals surface area contributed by atoms with Gasteiger partial charge in [-0.1, -0.05) is 170 Å². The summed E-state index contributed by atoms with van der Waals surface area (Å²) in [7, 11) is 0. The Morgan fingerprint density at radius 2 is 0.754 bits per heavy atom. The van der Waals surface area contributed by atoms with E-state index in [-0.39, 0.29) is 0 Å². The lowest BCUT2D eigenvalue weighted by Crippen LogP contribution is -2.26. The van der Waals surface area contributed by atoms with Gasteiger partial charge in [-0.2, -0.15) is 0 Å². The molecule has 1 aromatic heterocycles. The summed E-state index contributed by atoms with van der Waals surface area (Å²) in [6.07, 6.45) is 0. The van der Waals surface area contributed by atoms with Gasteiger partial charge in [0.2, 0.25) is 0 Å². The van der Waals surface area contributed by atoms with Crippen LogP contribution in [0.3, 0.4) is 0 Å². The average molecular weight is 726 g/mol. The van der Waals surface area contributed by atoms with Gasteiger partial charge in [-0.25, -0.2) is 0 Å². The number of para-hydroxylation sites is 2. The van der Waals surface area contributed by atoms with Crippen molar-refractivity contribution in [3.63, 3.8) is 0 Å². The number of hydrogen-bond acceptors (Lipinski definition) is 2. The Labute approximate surface area is 331 Å². The van der Waals surface area contributed by atoms with Crippen molar-refractivity contribution in [1.29, 1.82) is 0 Å². The van der Waals surface area contributed by atoms with Crippen molar-refractivity contribution < 1.29 is 4.42 Å². The molecule has 0 saturated heterocycles. The molecule has 0 aliphatic heterocycles. The van der Waals surface area contributed by atoms with Gasteiger partial charge in [0.1, 0.15) is 11.2 Å². The topological polar surface area (TPSA) is 16.4 Å². The van der Waals surface area contributed by atoms with E-state index in [1.807, 2.05) is 0 Å². The van der Waals surface area contributed by atoms with Crippen molar-refractivity contribution >= 4 is 39.0 Å². The van der Waals surface area contributed by atoms with Crippen molar-refractivity contribution in [3.05, 3.63) is 235 Å². The molecule has 9 aromatic carbocycles. The monoisotopic (exact) mass is 725 g/mol. The lowest BCUT2D eigenvalue weighted by molar-refractivity contribution is 0.653. The molecule has 57 heavy (non-hydrogen) atoms. The molecular formula is C55H35NO. The second-order valence-corrected chi connectivity index (χ2v) is 15.2. The van der Waals surface area contributed by atoms with Crippen molar-refractivity contribution in [2.45, 2.75) is 5.41 Å². The smallest absolute Gasteiger partial charge is 0.143 e. The Balaban J connectivity index is 1.01. The van der Waals surface area contributed by atoms with Crippen LogP contribution in [0.1, 0.15) is 22.3 Å². The van der Waals surface area contributed by atoms with E-state index < -0.39 is 5.41 Å². The zero-order valence-electron chi connectivity index (χ0n) is 31.1. The number of furan rings is 1. The standard InChI is InChI=1S/C55H35NO/c1-3-14-36(15-4-1)37-26-30-40(31-27-37)56(39-16-5-2-6-17-39)41-32-28-38(29-33-41)42-21-13-22-47-48-35-34-46-45-20-9-12-25-51(45)55(52(46)54(48)57-53(42)47)49-23-10-7-18-43(49)44-19-8-11-24-50(44)55/h1-35H. The average Bonchev–Trinajstić information content (AvgIpc) is 3.92. The molecule has 266 valence electrons. The van der Waals surface area contributed by atoms with Crippen LogP contribution in [0.15, 0.2) is 217 Å². The van der Waals surface area contributed by atoms with Gasteiger partial charge < -0.3 is 9.32 Å². The minimum absolute atomic E-state index is 0.478. The summed E-state index contributed by atoms with van der Waals surface area (Å²) in [6.45, 7) is 0. The number of rotatable bonds is 5. The molecule has 2 aliphatic carbocycles. The van der Waals surface area contributed by atoms with Crippen LogP contribution in [0.2, 0.25) is 0 Å². The predicted molar refractivity (Wildman–Crippen MR) is 236 cm³/mol. The zero-order valence-corrected chi connectivity index (χ0v) is 31.1. The highest BCUT2D eigenvalue weighted by Crippen LogP contribution is 2.64. The number of anilines is 3. The molecule has 0 fully saturated rings. The normalized spacial score (nSPS) is 13.1. The molecular weight excluding hydrogens is 691 g/mol. The summed E-state index contributed by atoms with van der Waals surface area (Å²) < 4.78 is 7.28. The van der Waals surface area contributed by atoms with E-state index in [1.165, 1.54) is 55.6 Å². The number of benzene rings is 9. The van der Waals surface area contributed by atoms with Crippen LogP contribution in [0.5, 0.6) is 0 Å². The Hall–Kier alpha value is -7.42. The Kier molecular flexibility index (Phi) is 6.88. The second-order valence-electron chi connectivity index (χ2n) is 15.2. The molecule has 2 heteroatoms. The number of hydrogen-bond donors (Lipinski definition) is 0. The molecule has 0 N–H and O–H groups in total. The number of nitrogens with zero attached hydrogens (tertiary/aromatic N) is 1. The molecule has 0 saturated carbocycles. The quantitative estimate of drug-likeness (QED) is 0.176. The zero-order chi connectivity index (χ0) is 37.5. The first-order chi connectivity index (χ1) is 28.3. The van der Waals surface area contributed by atoms with E-state index in [0.29, 0.717) is 0 Å². The van der Waals surface area contributed by atoms with Gasteiger partial charge in [-0.05, 0) is 98.1 Å². The Bertz CT molecular complexity index is 3090. The van der Waals surface area contributed by atoms with E-state index >= 15 is 0 Å². The maximum Gasteiger partial charge on any atom is 0.143 e. The van der Waals surface area contributed by atoms with Crippen LogP contribution >= 0.6 is 0 Å². The molecule has 2 aliphatic rings. The first kappa shape index (κ1) is 31.9. The summed E-state index contributed by atoms with van der Waals surface area (Å²) >= 11 is 0. The van der Waals surface area contributed by atoms with Gasteiger partial charge >= 0.3 is 0 Å². The second kappa shape index (κ2) is 12.3. The first-order valence-corrected chi connectivity index (χ1v) is 19.7. The minimum Gasteiger partial charge on any atom is -0.455 e. The molecule has 0 unspecified atom stereocenters. The fraction of sp³-hybridized carbons (Fsp3) is 0.0182. The van der Waals surface area contributed by atoms with Crippen LogP contribution in [-0.4, -0.2) is 0 Å². The number of fused-ring (bicyclic) bond motifs is 14. The summed E-state index contributed by atoms with van der Waals surface area (Å²) in [5.41, 5.74) is 19.6. The van der Waals surface area contributed by atoms with E-state index in [2.05, 4.69) is 217 Å². The van der Waals surface area contributed by atoms with Crippen LogP contribution in [-0.2, 0) is 5.41 Å². The van der Waals surface area contributed by atoms with Gasteiger partial charge in [0.05, 0.1) is 5.41 Å². The third kappa shape index (κ3) is 4.53. The van der Waals surface area contributed by atoms with Gasteiger partial charge in [-0.3, -0.25) is 0 Å². The van der Waals surface area contributed by atoms with Crippen molar-refractivity contribution in [3.8, 4) is 44.5 Å². The largest absolute Gasteiger partial charge is 0.455 e. The maximum absolute atomic E-state index is 7.28. The molecule has 1 heterocycles.